The summed E-state index contributed by atoms with van der Waals surface area (Å²) in [7, 11) is 2.72. The number of ether oxygens (including phenoxy) is 2. The molecule has 0 aromatic heterocycles. The van der Waals surface area contributed by atoms with Crippen LogP contribution in [0.3, 0.4) is 0 Å². The summed E-state index contributed by atoms with van der Waals surface area (Å²) in [6.45, 7) is 0. The molecule has 0 spiro atoms. The molecule has 0 saturated carbocycles. The number of hydrogen-bond donors (Lipinski definition) is 2. The second-order valence-electron chi connectivity index (χ2n) is 2.93. The van der Waals surface area contributed by atoms with Crippen LogP contribution >= 0.6 is 0 Å². The molecule has 5 nitrogen and oxygen atoms in total. The summed E-state index contributed by atoms with van der Waals surface area (Å²) in [6.07, 6.45) is 0. The molecule has 15 heavy (non-hydrogen) atoms. The molecule has 0 unspecified atom stereocenters. The zero-order valence-corrected chi connectivity index (χ0v) is 8.56. The van der Waals surface area contributed by atoms with Crippen LogP contribution in [0.2, 0.25) is 0 Å². The van der Waals surface area contributed by atoms with Crippen molar-refractivity contribution >= 4 is 5.97 Å². The summed E-state index contributed by atoms with van der Waals surface area (Å²) in [6, 6.07) is 3.53. The maximum Gasteiger partial charge on any atom is 0.327 e. The van der Waals surface area contributed by atoms with E-state index in [0.29, 0.717) is 11.3 Å². The van der Waals surface area contributed by atoms with Crippen LogP contribution < -0.4 is 10.5 Å². The summed E-state index contributed by atoms with van der Waals surface area (Å²) in [5, 5.41) is 9.57. The maximum atomic E-state index is 11.1. The van der Waals surface area contributed by atoms with Gasteiger partial charge in [0.05, 0.1) is 14.2 Å². The number of benzene rings is 1. The SMILES string of the molecule is COC(=O)[C@H](N)c1ccc(OC)cc1O. The van der Waals surface area contributed by atoms with Crippen LogP contribution in [0.15, 0.2) is 18.2 Å². The number of phenols is 1. The molecular weight excluding hydrogens is 198 g/mol. The van der Waals surface area contributed by atoms with Gasteiger partial charge in [0, 0.05) is 11.6 Å². The number of phenolic OH excluding ortho intramolecular Hbond substituents is 1. The molecule has 1 rings (SSSR count). The molecule has 1 aromatic rings. The van der Waals surface area contributed by atoms with Crippen LogP contribution in [0, 0.1) is 0 Å². The Kier molecular flexibility index (Phi) is 3.51. The quantitative estimate of drug-likeness (QED) is 0.714. The molecule has 82 valence electrons. The highest BCUT2D eigenvalue weighted by Crippen LogP contribution is 2.27. The standard InChI is InChI=1S/C10H13NO4/c1-14-6-3-4-7(8(12)5-6)9(11)10(13)15-2/h3-5,9,12H,11H2,1-2H3/t9-/m1/s1. The molecule has 0 saturated heterocycles. The summed E-state index contributed by atoms with van der Waals surface area (Å²) < 4.78 is 9.37. The molecule has 1 atom stereocenters. The van der Waals surface area contributed by atoms with Crippen LogP contribution in [0.1, 0.15) is 11.6 Å². The van der Waals surface area contributed by atoms with Gasteiger partial charge in [-0.2, -0.15) is 0 Å². The van der Waals surface area contributed by atoms with Crippen LogP contribution in [0.4, 0.5) is 0 Å². The third kappa shape index (κ3) is 2.38. The number of carbonyl (C=O) groups is 1. The van der Waals surface area contributed by atoms with Gasteiger partial charge in [-0.1, -0.05) is 0 Å². The molecule has 0 amide bonds. The molecule has 0 radical (unpaired) electrons. The molecule has 5 heteroatoms. The summed E-state index contributed by atoms with van der Waals surface area (Å²) in [5.41, 5.74) is 5.87. The second-order valence-corrected chi connectivity index (χ2v) is 2.93. The van der Waals surface area contributed by atoms with E-state index >= 15 is 0 Å². The smallest absolute Gasteiger partial charge is 0.327 e. The molecule has 1 aromatic carbocycles. The van der Waals surface area contributed by atoms with E-state index in [2.05, 4.69) is 4.74 Å². The van der Waals surface area contributed by atoms with Crippen molar-refractivity contribution in [1.29, 1.82) is 0 Å². The number of methoxy groups -OCH3 is 2. The molecule has 0 aliphatic rings. The topological polar surface area (TPSA) is 81.8 Å². The van der Waals surface area contributed by atoms with Crippen LogP contribution in [-0.4, -0.2) is 25.3 Å². The Hall–Kier alpha value is -1.75. The third-order valence-electron chi connectivity index (χ3n) is 2.03. The van der Waals surface area contributed by atoms with Gasteiger partial charge in [0.25, 0.3) is 0 Å². The number of rotatable bonds is 3. The van der Waals surface area contributed by atoms with Crippen molar-refractivity contribution in [2.45, 2.75) is 6.04 Å². The van der Waals surface area contributed by atoms with Gasteiger partial charge in [-0.05, 0) is 12.1 Å². The van der Waals surface area contributed by atoms with E-state index in [9.17, 15) is 9.90 Å². The molecule has 0 aliphatic heterocycles. The Morgan fingerprint density at radius 3 is 2.60 bits per heavy atom. The molecule has 0 bridgehead atoms. The third-order valence-corrected chi connectivity index (χ3v) is 2.03. The van der Waals surface area contributed by atoms with E-state index in [0.717, 1.165) is 0 Å². The first-order valence-corrected chi connectivity index (χ1v) is 4.30. The summed E-state index contributed by atoms with van der Waals surface area (Å²) in [5.74, 6) is -0.198. The Morgan fingerprint density at radius 2 is 2.13 bits per heavy atom. The van der Waals surface area contributed by atoms with Crippen molar-refractivity contribution in [2.24, 2.45) is 5.73 Å². The fourth-order valence-electron chi connectivity index (χ4n) is 1.17. The minimum Gasteiger partial charge on any atom is -0.507 e. The predicted octanol–water partition coefficient (Wildman–Crippen LogP) is 0.574. The normalized spacial score (nSPS) is 11.9. The largest absolute Gasteiger partial charge is 0.507 e. The van der Waals surface area contributed by atoms with Crippen molar-refractivity contribution in [3.8, 4) is 11.5 Å². The number of aromatic hydroxyl groups is 1. The number of esters is 1. The van der Waals surface area contributed by atoms with E-state index < -0.39 is 12.0 Å². The van der Waals surface area contributed by atoms with Gasteiger partial charge in [0.1, 0.15) is 17.5 Å². The average Bonchev–Trinajstić information content (AvgIpc) is 2.26. The van der Waals surface area contributed by atoms with E-state index in [1.54, 1.807) is 6.07 Å². The highest BCUT2D eigenvalue weighted by Gasteiger charge is 2.19. The lowest BCUT2D eigenvalue weighted by molar-refractivity contribution is -0.142. The number of carbonyl (C=O) groups excluding carboxylic acids is 1. The Morgan fingerprint density at radius 1 is 1.47 bits per heavy atom. The maximum absolute atomic E-state index is 11.1. The van der Waals surface area contributed by atoms with Gasteiger partial charge in [-0.15, -0.1) is 0 Å². The van der Waals surface area contributed by atoms with Gasteiger partial charge in [0.15, 0.2) is 0 Å². The first kappa shape index (κ1) is 11.3. The molecular formula is C10H13NO4. The van der Waals surface area contributed by atoms with E-state index in [-0.39, 0.29) is 5.75 Å². The Bertz CT molecular complexity index is 364. The lowest BCUT2D eigenvalue weighted by atomic mass is 10.1. The molecule has 3 N–H and O–H groups in total. The Labute approximate surface area is 87.4 Å². The highest BCUT2D eigenvalue weighted by atomic mass is 16.5. The molecule has 0 heterocycles. The van der Waals surface area contributed by atoms with Gasteiger partial charge in [-0.3, -0.25) is 4.79 Å². The van der Waals surface area contributed by atoms with E-state index in [4.69, 9.17) is 10.5 Å². The van der Waals surface area contributed by atoms with E-state index in [1.807, 2.05) is 0 Å². The van der Waals surface area contributed by atoms with E-state index in [1.165, 1.54) is 26.4 Å². The number of hydrogen-bond acceptors (Lipinski definition) is 5. The summed E-state index contributed by atoms with van der Waals surface area (Å²) >= 11 is 0. The predicted molar refractivity (Wildman–Crippen MR) is 53.6 cm³/mol. The van der Waals surface area contributed by atoms with Crippen molar-refractivity contribution in [3.63, 3.8) is 0 Å². The number of nitrogens with two attached hydrogens (primary N) is 1. The van der Waals surface area contributed by atoms with Crippen LogP contribution in [-0.2, 0) is 9.53 Å². The van der Waals surface area contributed by atoms with Crippen molar-refractivity contribution in [2.75, 3.05) is 14.2 Å². The highest BCUT2D eigenvalue weighted by molar-refractivity contribution is 5.78. The monoisotopic (exact) mass is 211 g/mol. The fourth-order valence-corrected chi connectivity index (χ4v) is 1.17. The lowest BCUT2D eigenvalue weighted by Crippen LogP contribution is -2.22. The van der Waals surface area contributed by atoms with Crippen molar-refractivity contribution in [3.05, 3.63) is 23.8 Å². The van der Waals surface area contributed by atoms with Gasteiger partial charge >= 0.3 is 5.97 Å². The minimum atomic E-state index is -0.985. The van der Waals surface area contributed by atoms with Crippen molar-refractivity contribution in [1.82, 2.24) is 0 Å². The van der Waals surface area contributed by atoms with Gasteiger partial charge < -0.3 is 20.3 Å². The zero-order valence-electron chi connectivity index (χ0n) is 8.56. The van der Waals surface area contributed by atoms with Gasteiger partial charge in [0.2, 0.25) is 0 Å². The molecule has 0 fully saturated rings. The fraction of sp³-hybridized carbons (Fsp3) is 0.300. The average molecular weight is 211 g/mol. The summed E-state index contributed by atoms with van der Waals surface area (Å²) in [4.78, 5) is 11.1. The first-order valence-electron chi connectivity index (χ1n) is 4.30. The Balaban J connectivity index is 3.00. The molecule has 0 aliphatic carbocycles. The minimum absolute atomic E-state index is 0.0905. The first-order chi connectivity index (χ1) is 7.10. The van der Waals surface area contributed by atoms with Crippen LogP contribution in [0.25, 0.3) is 0 Å². The van der Waals surface area contributed by atoms with Crippen molar-refractivity contribution < 1.29 is 19.4 Å². The lowest BCUT2D eigenvalue weighted by Gasteiger charge is -2.12. The van der Waals surface area contributed by atoms with Crippen LogP contribution in [0.5, 0.6) is 11.5 Å². The van der Waals surface area contributed by atoms with Gasteiger partial charge in [-0.25, -0.2) is 0 Å². The zero-order chi connectivity index (χ0) is 11.4. The second kappa shape index (κ2) is 4.65.